The smallest absolute Gasteiger partial charge is 0.111 e. The molecule has 2 nitrogen and oxygen atoms in total. The number of rotatable bonds is 2. The van der Waals surface area contributed by atoms with Crippen LogP contribution < -0.4 is 5.73 Å². The average molecular weight is 321 g/mol. The number of aromatic nitrogens is 1. The molecule has 2 aromatic rings. The Morgan fingerprint density at radius 3 is 2.83 bits per heavy atom. The van der Waals surface area contributed by atoms with Crippen molar-refractivity contribution in [2.75, 3.05) is 0 Å². The molecule has 0 spiro atoms. The van der Waals surface area contributed by atoms with Crippen molar-refractivity contribution < 1.29 is 0 Å². The summed E-state index contributed by atoms with van der Waals surface area (Å²) < 4.78 is 1.04. The molecule has 0 fully saturated rings. The van der Waals surface area contributed by atoms with Gasteiger partial charge in [-0.3, -0.25) is 0 Å². The van der Waals surface area contributed by atoms with E-state index in [1.165, 1.54) is 11.1 Å². The third kappa shape index (κ3) is 2.20. The highest BCUT2D eigenvalue weighted by Gasteiger charge is 2.30. The minimum atomic E-state index is 0.0973. The summed E-state index contributed by atoms with van der Waals surface area (Å²) >= 11 is 5.29. The molecule has 18 heavy (non-hydrogen) atoms. The zero-order valence-electron chi connectivity index (χ0n) is 9.71. The van der Waals surface area contributed by atoms with E-state index in [9.17, 15) is 0 Å². The first-order chi connectivity index (χ1) is 8.75. The van der Waals surface area contributed by atoms with Crippen LogP contribution in [0.4, 0.5) is 0 Å². The van der Waals surface area contributed by atoms with Crippen LogP contribution >= 0.6 is 27.7 Å². The van der Waals surface area contributed by atoms with E-state index in [-0.39, 0.29) is 6.04 Å². The predicted octanol–water partition coefficient (Wildman–Crippen LogP) is 3.56. The SMILES string of the molecule is NC1c2ccccc2CC1Sc1ncccc1Br. The van der Waals surface area contributed by atoms with E-state index in [0.29, 0.717) is 5.25 Å². The molecule has 2 N–H and O–H groups in total. The molecule has 1 aromatic heterocycles. The molecule has 1 heterocycles. The Balaban J connectivity index is 1.83. The van der Waals surface area contributed by atoms with E-state index in [4.69, 9.17) is 5.73 Å². The maximum Gasteiger partial charge on any atom is 0.111 e. The van der Waals surface area contributed by atoms with Gasteiger partial charge in [0, 0.05) is 22.0 Å². The number of halogens is 1. The van der Waals surface area contributed by atoms with Gasteiger partial charge in [0.2, 0.25) is 0 Å². The number of pyridine rings is 1. The fraction of sp³-hybridized carbons (Fsp3) is 0.214. The molecule has 0 saturated carbocycles. The Morgan fingerprint density at radius 2 is 2.06 bits per heavy atom. The van der Waals surface area contributed by atoms with Crippen molar-refractivity contribution in [2.45, 2.75) is 22.7 Å². The second-order valence-corrected chi connectivity index (χ2v) is 6.46. The molecule has 1 aliphatic carbocycles. The van der Waals surface area contributed by atoms with Gasteiger partial charge in [0.05, 0.1) is 0 Å². The Morgan fingerprint density at radius 1 is 1.22 bits per heavy atom. The van der Waals surface area contributed by atoms with Gasteiger partial charge in [-0.15, -0.1) is 0 Å². The number of thioether (sulfide) groups is 1. The molecule has 0 saturated heterocycles. The van der Waals surface area contributed by atoms with Gasteiger partial charge in [0.15, 0.2) is 0 Å². The van der Waals surface area contributed by atoms with Crippen LogP contribution in [0.3, 0.4) is 0 Å². The van der Waals surface area contributed by atoms with E-state index in [1.807, 2.05) is 18.3 Å². The standard InChI is InChI=1S/C14H13BrN2S/c15-11-6-3-7-17-14(11)18-12-8-9-4-1-2-5-10(9)13(12)16/h1-7,12-13H,8,16H2. The van der Waals surface area contributed by atoms with Crippen LogP contribution in [0, 0.1) is 0 Å². The summed E-state index contributed by atoms with van der Waals surface area (Å²) in [5.74, 6) is 0. The third-order valence-electron chi connectivity index (χ3n) is 3.22. The van der Waals surface area contributed by atoms with E-state index in [0.717, 1.165) is 15.9 Å². The first-order valence-electron chi connectivity index (χ1n) is 5.86. The van der Waals surface area contributed by atoms with Gasteiger partial charge in [-0.1, -0.05) is 36.0 Å². The topological polar surface area (TPSA) is 38.9 Å². The van der Waals surface area contributed by atoms with Gasteiger partial charge in [0.25, 0.3) is 0 Å². The van der Waals surface area contributed by atoms with Crippen LogP contribution in [-0.2, 0) is 6.42 Å². The maximum atomic E-state index is 6.32. The Bertz CT molecular complexity index is 573. The number of hydrogen-bond donors (Lipinski definition) is 1. The largest absolute Gasteiger partial charge is 0.323 e. The van der Waals surface area contributed by atoms with Crippen molar-refractivity contribution in [1.29, 1.82) is 0 Å². The number of fused-ring (bicyclic) bond motifs is 1. The summed E-state index contributed by atoms with van der Waals surface area (Å²) in [6.45, 7) is 0. The van der Waals surface area contributed by atoms with Crippen LogP contribution in [-0.4, -0.2) is 10.2 Å². The summed E-state index contributed by atoms with van der Waals surface area (Å²) in [5, 5.41) is 1.39. The van der Waals surface area contributed by atoms with Crippen LogP contribution in [0.15, 0.2) is 52.1 Å². The van der Waals surface area contributed by atoms with Gasteiger partial charge >= 0.3 is 0 Å². The highest BCUT2D eigenvalue weighted by molar-refractivity contribution is 9.10. The van der Waals surface area contributed by atoms with Crippen molar-refractivity contribution in [3.63, 3.8) is 0 Å². The van der Waals surface area contributed by atoms with Gasteiger partial charge in [0.1, 0.15) is 5.03 Å². The first-order valence-corrected chi connectivity index (χ1v) is 7.53. The highest BCUT2D eigenvalue weighted by atomic mass is 79.9. The van der Waals surface area contributed by atoms with Crippen LogP contribution in [0.2, 0.25) is 0 Å². The number of nitrogens with two attached hydrogens (primary N) is 1. The van der Waals surface area contributed by atoms with Crippen molar-refractivity contribution in [3.8, 4) is 0 Å². The summed E-state index contributed by atoms with van der Waals surface area (Å²) in [7, 11) is 0. The minimum absolute atomic E-state index is 0.0973. The lowest BCUT2D eigenvalue weighted by Gasteiger charge is -2.15. The molecular weight excluding hydrogens is 308 g/mol. The van der Waals surface area contributed by atoms with Crippen LogP contribution in [0.1, 0.15) is 17.2 Å². The monoisotopic (exact) mass is 320 g/mol. The Hall–Kier alpha value is -0.840. The van der Waals surface area contributed by atoms with E-state index in [2.05, 4.69) is 45.2 Å². The molecule has 92 valence electrons. The van der Waals surface area contributed by atoms with Gasteiger partial charge in [-0.25, -0.2) is 4.98 Å². The van der Waals surface area contributed by atoms with Crippen molar-refractivity contribution >= 4 is 27.7 Å². The Kier molecular flexibility index (Phi) is 3.41. The quantitative estimate of drug-likeness (QED) is 0.919. The van der Waals surface area contributed by atoms with Crippen molar-refractivity contribution in [2.24, 2.45) is 5.73 Å². The normalized spacial score (nSPS) is 21.9. The lowest BCUT2D eigenvalue weighted by atomic mass is 10.1. The number of benzene rings is 1. The summed E-state index contributed by atoms with van der Waals surface area (Å²) in [5.41, 5.74) is 8.97. The predicted molar refractivity (Wildman–Crippen MR) is 78.7 cm³/mol. The lowest BCUT2D eigenvalue weighted by molar-refractivity contribution is 0.729. The summed E-state index contributed by atoms with van der Waals surface area (Å²) in [6.07, 6.45) is 2.84. The van der Waals surface area contributed by atoms with E-state index in [1.54, 1.807) is 11.8 Å². The van der Waals surface area contributed by atoms with Crippen molar-refractivity contribution in [1.82, 2.24) is 4.98 Å². The average Bonchev–Trinajstić information content (AvgIpc) is 2.70. The number of nitrogens with zero attached hydrogens (tertiary/aromatic N) is 1. The molecule has 1 aromatic carbocycles. The molecule has 0 aliphatic heterocycles. The second-order valence-electron chi connectivity index (χ2n) is 4.38. The molecule has 0 amide bonds. The van der Waals surface area contributed by atoms with Gasteiger partial charge in [-0.2, -0.15) is 0 Å². The van der Waals surface area contributed by atoms with Gasteiger partial charge < -0.3 is 5.73 Å². The van der Waals surface area contributed by atoms with Gasteiger partial charge in [-0.05, 0) is 45.6 Å². The zero-order valence-corrected chi connectivity index (χ0v) is 12.1. The fourth-order valence-corrected chi connectivity index (χ4v) is 3.99. The molecule has 2 unspecified atom stereocenters. The summed E-state index contributed by atoms with van der Waals surface area (Å²) in [6, 6.07) is 12.5. The molecule has 0 radical (unpaired) electrons. The fourth-order valence-electron chi connectivity index (χ4n) is 2.31. The molecule has 4 heteroatoms. The second kappa shape index (κ2) is 5.03. The summed E-state index contributed by atoms with van der Waals surface area (Å²) in [4.78, 5) is 4.40. The molecular formula is C14H13BrN2S. The molecule has 0 bridgehead atoms. The lowest BCUT2D eigenvalue weighted by Crippen LogP contribution is -2.19. The van der Waals surface area contributed by atoms with E-state index >= 15 is 0 Å². The van der Waals surface area contributed by atoms with Crippen LogP contribution in [0.5, 0.6) is 0 Å². The first kappa shape index (κ1) is 12.2. The Labute approximate surface area is 119 Å². The molecule has 3 rings (SSSR count). The van der Waals surface area contributed by atoms with E-state index < -0.39 is 0 Å². The number of hydrogen-bond acceptors (Lipinski definition) is 3. The molecule has 1 aliphatic rings. The van der Waals surface area contributed by atoms with Crippen molar-refractivity contribution in [3.05, 3.63) is 58.2 Å². The third-order valence-corrected chi connectivity index (χ3v) is 5.44. The van der Waals surface area contributed by atoms with Crippen LogP contribution in [0.25, 0.3) is 0 Å². The maximum absolute atomic E-state index is 6.32. The highest BCUT2D eigenvalue weighted by Crippen LogP contribution is 2.41. The molecule has 2 atom stereocenters. The minimum Gasteiger partial charge on any atom is -0.323 e. The zero-order chi connectivity index (χ0) is 12.5.